The average Bonchev–Trinajstić information content (AvgIpc) is 2.74. The monoisotopic (exact) mass is 281 g/mol. The summed E-state index contributed by atoms with van der Waals surface area (Å²) < 4.78 is 5.33. The lowest BCUT2D eigenvalue weighted by atomic mass is 10.1. The van der Waals surface area contributed by atoms with E-state index >= 15 is 0 Å². The number of ether oxygens (including phenoxy) is 1. The number of hydrogen-bond donors (Lipinski definition) is 0. The van der Waals surface area contributed by atoms with Crippen LogP contribution in [0, 0.1) is 0 Å². The number of amides is 2. The number of esters is 1. The molecule has 2 amide bonds. The van der Waals surface area contributed by atoms with E-state index < -0.39 is 17.8 Å². The molecule has 0 aromatic rings. The zero-order chi connectivity index (χ0) is 15.0. The van der Waals surface area contributed by atoms with Gasteiger partial charge in [0.15, 0.2) is 0 Å². The van der Waals surface area contributed by atoms with Gasteiger partial charge in [-0.3, -0.25) is 19.3 Å². The minimum atomic E-state index is -0.516. The van der Waals surface area contributed by atoms with Crippen LogP contribution in [0.2, 0.25) is 0 Å². The van der Waals surface area contributed by atoms with E-state index in [1.165, 1.54) is 12.8 Å². The van der Waals surface area contributed by atoms with Crippen molar-refractivity contribution in [2.24, 2.45) is 0 Å². The normalized spacial score (nSPS) is 15.8. The molecule has 0 aromatic heterocycles. The topological polar surface area (TPSA) is 63.7 Å². The molecule has 1 aliphatic rings. The van der Waals surface area contributed by atoms with Gasteiger partial charge >= 0.3 is 5.97 Å². The van der Waals surface area contributed by atoms with Crippen molar-refractivity contribution >= 4 is 17.8 Å². The third-order valence-corrected chi connectivity index (χ3v) is 3.32. The summed E-state index contributed by atoms with van der Waals surface area (Å²) in [6.45, 7) is 3.82. The van der Waals surface area contributed by atoms with Crippen LogP contribution >= 0.6 is 0 Å². The maximum Gasteiger partial charge on any atom is 0.326 e. The van der Waals surface area contributed by atoms with E-state index in [-0.39, 0.29) is 12.6 Å². The molecule has 1 atom stereocenters. The molecule has 0 N–H and O–H groups in total. The quantitative estimate of drug-likeness (QED) is 0.369. The van der Waals surface area contributed by atoms with Crippen LogP contribution in [-0.2, 0) is 19.1 Å². The minimum absolute atomic E-state index is 0.125. The van der Waals surface area contributed by atoms with Crippen LogP contribution in [0.1, 0.15) is 52.4 Å². The smallest absolute Gasteiger partial charge is 0.326 e. The highest BCUT2D eigenvalue weighted by Gasteiger charge is 2.27. The number of carbonyl (C=O) groups excluding carboxylic acids is 3. The maximum absolute atomic E-state index is 11.8. The molecule has 0 radical (unpaired) electrons. The van der Waals surface area contributed by atoms with Gasteiger partial charge in [0, 0.05) is 12.2 Å². The summed E-state index contributed by atoms with van der Waals surface area (Å²) in [7, 11) is 0. The van der Waals surface area contributed by atoms with E-state index in [1.807, 2.05) is 6.92 Å². The Kier molecular flexibility index (Phi) is 6.98. The van der Waals surface area contributed by atoms with Gasteiger partial charge < -0.3 is 4.74 Å². The predicted octanol–water partition coefficient (Wildman–Crippen LogP) is 2.20. The van der Waals surface area contributed by atoms with Crippen molar-refractivity contribution in [2.45, 2.75) is 58.5 Å². The molecule has 5 nitrogen and oxygen atoms in total. The summed E-state index contributed by atoms with van der Waals surface area (Å²) >= 11 is 0. The average molecular weight is 281 g/mol. The van der Waals surface area contributed by atoms with E-state index in [0.29, 0.717) is 0 Å². The number of rotatable bonds is 9. The Morgan fingerprint density at radius 2 is 1.80 bits per heavy atom. The first-order valence-electron chi connectivity index (χ1n) is 7.31. The van der Waals surface area contributed by atoms with E-state index in [4.69, 9.17) is 4.74 Å². The van der Waals surface area contributed by atoms with Crippen LogP contribution in [-0.4, -0.2) is 35.3 Å². The van der Waals surface area contributed by atoms with Crippen LogP contribution in [0.15, 0.2) is 12.2 Å². The van der Waals surface area contributed by atoms with Gasteiger partial charge in [0.25, 0.3) is 11.8 Å². The van der Waals surface area contributed by atoms with Crippen LogP contribution in [0.3, 0.4) is 0 Å². The zero-order valence-corrected chi connectivity index (χ0v) is 12.3. The molecule has 112 valence electrons. The number of unbranched alkanes of at least 4 members (excludes halogenated alkanes) is 3. The standard InChI is InChI=1S/C15H23NO4/c1-3-5-6-7-8-12(4-2)20-15(19)11-16-13(17)9-10-14(16)18/h9-10,12H,3-8,11H2,1-2H3. The molecule has 0 aromatic carbocycles. The minimum Gasteiger partial charge on any atom is -0.461 e. The fourth-order valence-corrected chi connectivity index (χ4v) is 2.08. The Morgan fingerprint density at radius 3 is 2.35 bits per heavy atom. The summed E-state index contributed by atoms with van der Waals surface area (Å²) in [5.74, 6) is -1.43. The lowest BCUT2D eigenvalue weighted by molar-refractivity contribution is -0.156. The van der Waals surface area contributed by atoms with Crippen molar-refractivity contribution in [1.82, 2.24) is 4.90 Å². The lowest BCUT2D eigenvalue weighted by Crippen LogP contribution is -2.37. The predicted molar refractivity (Wildman–Crippen MR) is 74.8 cm³/mol. The molecule has 1 rings (SSSR count). The zero-order valence-electron chi connectivity index (χ0n) is 12.3. The van der Waals surface area contributed by atoms with Crippen LogP contribution < -0.4 is 0 Å². The molecule has 0 bridgehead atoms. The second-order valence-corrected chi connectivity index (χ2v) is 4.97. The molecular weight excluding hydrogens is 258 g/mol. The van der Waals surface area contributed by atoms with Crippen molar-refractivity contribution in [3.05, 3.63) is 12.2 Å². The highest BCUT2D eigenvalue weighted by molar-refractivity contribution is 6.14. The molecule has 0 fully saturated rings. The first-order chi connectivity index (χ1) is 9.58. The van der Waals surface area contributed by atoms with Crippen molar-refractivity contribution in [1.29, 1.82) is 0 Å². The van der Waals surface area contributed by atoms with Gasteiger partial charge in [0.05, 0.1) is 0 Å². The molecule has 0 spiro atoms. The van der Waals surface area contributed by atoms with E-state index in [2.05, 4.69) is 6.92 Å². The summed E-state index contributed by atoms with van der Waals surface area (Å²) in [6.07, 6.45) is 8.31. The number of hydrogen-bond acceptors (Lipinski definition) is 4. The summed E-state index contributed by atoms with van der Waals surface area (Å²) in [5, 5.41) is 0. The fourth-order valence-electron chi connectivity index (χ4n) is 2.08. The van der Waals surface area contributed by atoms with Crippen molar-refractivity contribution < 1.29 is 19.1 Å². The van der Waals surface area contributed by atoms with Gasteiger partial charge in [-0.2, -0.15) is 0 Å². The van der Waals surface area contributed by atoms with Gasteiger partial charge in [-0.25, -0.2) is 0 Å². The van der Waals surface area contributed by atoms with E-state index in [0.717, 1.165) is 42.7 Å². The summed E-state index contributed by atoms with van der Waals surface area (Å²) in [6, 6.07) is 0. The van der Waals surface area contributed by atoms with Crippen LogP contribution in [0.4, 0.5) is 0 Å². The highest BCUT2D eigenvalue weighted by atomic mass is 16.5. The molecule has 20 heavy (non-hydrogen) atoms. The summed E-state index contributed by atoms with van der Waals surface area (Å²) in [4.78, 5) is 35.3. The van der Waals surface area contributed by atoms with Crippen molar-refractivity contribution in [3.8, 4) is 0 Å². The van der Waals surface area contributed by atoms with Crippen molar-refractivity contribution in [3.63, 3.8) is 0 Å². The van der Waals surface area contributed by atoms with Crippen LogP contribution in [0.5, 0.6) is 0 Å². The molecular formula is C15H23NO4. The molecule has 1 unspecified atom stereocenters. The largest absolute Gasteiger partial charge is 0.461 e. The van der Waals surface area contributed by atoms with Gasteiger partial charge in [-0.1, -0.05) is 33.1 Å². The van der Waals surface area contributed by atoms with E-state index in [9.17, 15) is 14.4 Å². The molecule has 1 heterocycles. The SMILES string of the molecule is CCCCCCC(CC)OC(=O)CN1C(=O)C=CC1=O. The molecule has 0 saturated heterocycles. The second-order valence-electron chi connectivity index (χ2n) is 4.97. The molecule has 5 heteroatoms. The molecule has 0 saturated carbocycles. The third kappa shape index (κ3) is 5.15. The Morgan fingerprint density at radius 1 is 1.15 bits per heavy atom. The summed E-state index contributed by atoms with van der Waals surface area (Å²) in [5.41, 5.74) is 0. The third-order valence-electron chi connectivity index (χ3n) is 3.32. The Labute approximate surface area is 120 Å². The first kappa shape index (κ1) is 16.4. The number of carbonyl (C=O) groups is 3. The number of nitrogens with zero attached hydrogens (tertiary/aromatic N) is 1. The second kappa shape index (κ2) is 8.51. The Bertz CT molecular complexity index is 371. The number of imide groups is 1. The highest BCUT2D eigenvalue weighted by Crippen LogP contribution is 2.12. The van der Waals surface area contributed by atoms with Gasteiger partial charge in [-0.15, -0.1) is 0 Å². The van der Waals surface area contributed by atoms with Crippen molar-refractivity contribution in [2.75, 3.05) is 6.54 Å². The maximum atomic E-state index is 11.8. The van der Waals surface area contributed by atoms with Gasteiger partial charge in [0.2, 0.25) is 0 Å². The fraction of sp³-hybridized carbons (Fsp3) is 0.667. The van der Waals surface area contributed by atoms with Crippen LogP contribution in [0.25, 0.3) is 0 Å². The van der Waals surface area contributed by atoms with E-state index in [1.54, 1.807) is 0 Å². The van der Waals surface area contributed by atoms with Gasteiger partial charge in [0.1, 0.15) is 12.6 Å². The Balaban J connectivity index is 2.32. The first-order valence-corrected chi connectivity index (χ1v) is 7.31. The Hall–Kier alpha value is -1.65. The van der Waals surface area contributed by atoms with Gasteiger partial charge in [-0.05, 0) is 19.3 Å². The lowest BCUT2D eigenvalue weighted by Gasteiger charge is -2.18. The molecule has 1 aliphatic heterocycles. The molecule has 0 aliphatic carbocycles.